The Hall–Kier alpha value is -2.74. The fraction of sp³-hybridized carbons (Fsp3) is 0.294. The van der Waals surface area contributed by atoms with Gasteiger partial charge in [0.1, 0.15) is 5.60 Å². The van der Waals surface area contributed by atoms with Crippen LogP contribution in [-0.2, 0) is 4.74 Å². The Kier molecular flexibility index (Phi) is 4.52. The number of aromatic nitrogens is 1. The van der Waals surface area contributed by atoms with Gasteiger partial charge in [-0.25, -0.2) is 4.79 Å². The lowest BCUT2D eigenvalue weighted by Gasteiger charge is -2.19. The summed E-state index contributed by atoms with van der Waals surface area (Å²) < 4.78 is 5.12. The Morgan fingerprint density at radius 2 is 2.18 bits per heavy atom. The van der Waals surface area contributed by atoms with Crippen LogP contribution >= 0.6 is 0 Å². The molecule has 0 saturated heterocycles. The summed E-state index contributed by atoms with van der Waals surface area (Å²) in [5.41, 5.74) is 1.63. The van der Waals surface area contributed by atoms with Crippen molar-refractivity contribution in [1.82, 2.24) is 10.3 Å². The van der Waals surface area contributed by atoms with Gasteiger partial charge in [-0.1, -0.05) is 17.9 Å². The first-order valence-electron chi connectivity index (χ1n) is 6.92. The zero-order valence-electron chi connectivity index (χ0n) is 12.8. The quantitative estimate of drug-likeness (QED) is 0.661. The number of carbonyl (C=O) groups is 2. The lowest BCUT2D eigenvalue weighted by Crippen LogP contribution is -2.32. The van der Waals surface area contributed by atoms with Gasteiger partial charge < -0.3 is 15.0 Å². The normalized spacial score (nSPS) is 10.7. The first-order chi connectivity index (χ1) is 10.4. The fourth-order valence-electron chi connectivity index (χ4n) is 1.98. The SMILES string of the molecule is CC(C)(C)OC(=O)NCC#Cc1cccc2[nH]cc(C=O)c12. The van der Waals surface area contributed by atoms with Crippen LogP contribution in [0.1, 0.15) is 36.7 Å². The van der Waals surface area contributed by atoms with Crippen molar-refractivity contribution in [3.63, 3.8) is 0 Å². The molecular formula is C17H18N2O3. The summed E-state index contributed by atoms with van der Waals surface area (Å²) in [7, 11) is 0. The third kappa shape index (κ3) is 3.89. The predicted octanol–water partition coefficient (Wildman–Crippen LogP) is 2.86. The molecule has 0 spiro atoms. The largest absolute Gasteiger partial charge is 0.444 e. The summed E-state index contributed by atoms with van der Waals surface area (Å²) >= 11 is 0. The standard InChI is InChI=1S/C17H18N2O3/c1-17(2,3)22-16(21)18-9-5-7-12-6-4-8-14-15(12)13(11-20)10-19-14/h4,6,8,10-11,19H,9H2,1-3H3,(H,18,21). The molecule has 2 N–H and O–H groups in total. The number of hydrogen-bond acceptors (Lipinski definition) is 3. The number of rotatable bonds is 2. The van der Waals surface area contributed by atoms with E-state index in [1.807, 2.05) is 18.2 Å². The van der Waals surface area contributed by atoms with Gasteiger partial charge >= 0.3 is 6.09 Å². The number of fused-ring (bicyclic) bond motifs is 1. The number of amides is 1. The number of aldehydes is 1. The highest BCUT2D eigenvalue weighted by Crippen LogP contribution is 2.20. The van der Waals surface area contributed by atoms with Crippen LogP contribution in [0.15, 0.2) is 24.4 Å². The number of alkyl carbamates (subject to hydrolysis) is 1. The maximum atomic E-state index is 11.5. The van der Waals surface area contributed by atoms with E-state index in [0.717, 1.165) is 22.8 Å². The summed E-state index contributed by atoms with van der Waals surface area (Å²) in [6.45, 7) is 5.57. The number of aromatic amines is 1. The van der Waals surface area contributed by atoms with E-state index in [9.17, 15) is 9.59 Å². The Balaban J connectivity index is 2.08. The lowest BCUT2D eigenvalue weighted by molar-refractivity contribution is 0.0535. The van der Waals surface area contributed by atoms with Crippen LogP contribution in [-0.4, -0.2) is 29.5 Å². The van der Waals surface area contributed by atoms with Gasteiger partial charge in [0.15, 0.2) is 6.29 Å². The Bertz CT molecular complexity index is 758. The third-order valence-corrected chi connectivity index (χ3v) is 2.81. The summed E-state index contributed by atoms with van der Waals surface area (Å²) in [4.78, 5) is 25.6. The number of nitrogens with one attached hydrogen (secondary N) is 2. The topological polar surface area (TPSA) is 71.2 Å². The van der Waals surface area contributed by atoms with Gasteiger partial charge in [0.25, 0.3) is 0 Å². The maximum absolute atomic E-state index is 11.5. The van der Waals surface area contributed by atoms with Crippen molar-refractivity contribution < 1.29 is 14.3 Å². The number of hydrogen-bond donors (Lipinski definition) is 2. The molecule has 2 aromatic rings. The summed E-state index contributed by atoms with van der Waals surface area (Å²) in [5.74, 6) is 5.83. The first-order valence-corrected chi connectivity index (χ1v) is 6.92. The Morgan fingerprint density at radius 1 is 1.41 bits per heavy atom. The minimum Gasteiger partial charge on any atom is -0.444 e. The van der Waals surface area contributed by atoms with E-state index < -0.39 is 11.7 Å². The molecule has 1 heterocycles. The highest BCUT2D eigenvalue weighted by Gasteiger charge is 2.15. The summed E-state index contributed by atoms with van der Waals surface area (Å²) in [5, 5.41) is 3.36. The van der Waals surface area contributed by atoms with Crippen LogP contribution in [0.3, 0.4) is 0 Å². The van der Waals surface area contributed by atoms with E-state index in [2.05, 4.69) is 22.1 Å². The molecule has 0 atom stereocenters. The van der Waals surface area contributed by atoms with Gasteiger partial charge in [-0.3, -0.25) is 4.79 Å². The van der Waals surface area contributed by atoms with Gasteiger partial charge in [-0.15, -0.1) is 0 Å². The molecule has 0 saturated carbocycles. The number of ether oxygens (including phenoxy) is 1. The maximum Gasteiger partial charge on any atom is 0.408 e. The summed E-state index contributed by atoms with van der Waals surface area (Å²) in [6.07, 6.45) is 1.94. The fourth-order valence-corrected chi connectivity index (χ4v) is 1.98. The lowest BCUT2D eigenvalue weighted by atomic mass is 10.1. The number of carbonyl (C=O) groups excluding carboxylic acids is 2. The molecule has 0 aliphatic rings. The Morgan fingerprint density at radius 3 is 2.86 bits per heavy atom. The van der Waals surface area contributed by atoms with Crippen LogP contribution in [0, 0.1) is 11.8 Å². The molecule has 2 rings (SSSR count). The van der Waals surface area contributed by atoms with Gasteiger partial charge in [-0.2, -0.15) is 0 Å². The van der Waals surface area contributed by atoms with E-state index in [4.69, 9.17) is 4.74 Å². The predicted molar refractivity (Wildman–Crippen MR) is 84.8 cm³/mol. The van der Waals surface area contributed by atoms with Crippen molar-refractivity contribution >= 4 is 23.3 Å². The van der Waals surface area contributed by atoms with E-state index in [1.54, 1.807) is 27.0 Å². The number of benzene rings is 1. The Labute approximate surface area is 129 Å². The van der Waals surface area contributed by atoms with Crippen LogP contribution in [0.4, 0.5) is 4.79 Å². The smallest absolute Gasteiger partial charge is 0.408 e. The molecule has 114 valence electrons. The minimum atomic E-state index is -0.535. The van der Waals surface area contributed by atoms with Crippen molar-refractivity contribution in [2.45, 2.75) is 26.4 Å². The molecular weight excluding hydrogens is 280 g/mol. The van der Waals surface area contributed by atoms with Crippen LogP contribution in [0.2, 0.25) is 0 Å². The van der Waals surface area contributed by atoms with Crippen molar-refractivity contribution in [3.8, 4) is 11.8 Å². The highest BCUT2D eigenvalue weighted by atomic mass is 16.6. The highest BCUT2D eigenvalue weighted by molar-refractivity contribution is 6.00. The molecule has 1 amide bonds. The molecule has 0 radical (unpaired) electrons. The molecule has 5 heteroatoms. The van der Waals surface area contributed by atoms with Gasteiger partial charge in [0.05, 0.1) is 6.54 Å². The van der Waals surface area contributed by atoms with Crippen LogP contribution < -0.4 is 5.32 Å². The second-order valence-electron chi connectivity index (χ2n) is 5.75. The van der Waals surface area contributed by atoms with Gasteiger partial charge in [-0.05, 0) is 32.9 Å². The molecule has 0 fully saturated rings. The van der Waals surface area contributed by atoms with E-state index in [1.165, 1.54) is 0 Å². The van der Waals surface area contributed by atoms with Crippen molar-refractivity contribution in [1.29, 1.82) is 0 Å². The molecule has 5 nitrogen and oxygen atoms in total. The van der Waals surface area contributed by atoms with E-state index in [-0.39, 0.29) is 6.54 Å². The molecule has 0 unspecified atom stereocenters. The van der Waals surface area contributed by atoms with Crippen LogP contribution in [0.25, 0.3) is 10.9 Å². The second kappa shape index (κ2) is 6.35. The first kappa shape index (κ1) is 15.6. The summed E-state index contributed by atoms with van der Waals surface area (Å²) in [6, 6.07) is 5.58. The molecule has 0 bridgehead atoms. The van der Waals surface area contributed by atoms with Crippen molar-refractivity contribution in [2.24, 2.45) is 0 Å². The number of H-pyrrole nitrogens is 1. The molecule has 0 aliphatic carbocycles. The van der Waals surface area contributed by atoms with Crippen molar-refractivity contribution in [3.05, 3.63) is 35.5 Å². The van der Waals surface area contributed by atoms with E-state index >= 15 is 0 Å². The minimum absolute atomic E-state index is 0.173. The average molecular weight is 298 g/mol. The molecule has 22 heavy (non-hydrogen) atoms. The second-order valence-corrected chi connectivity index (χ2v) is 5.75. The zero-order valence-corrected chi connectivity index (χ0v) is 12.8. The molecule has 0 aliphatic heterocycles. The molecule has 1 aromatic carbocycles. The zero-order chi connectivity index (χ0) is 16.2. The third-order valence-electron chi connectivity index (χ3n) is 2.81. The van der Waals surface area contributed by atoms with Gasteiger partial charge in [0, 0.05) is 28.2 Å². The average Bonchev–Trinajstić information content (AvgIpc) is 2.85. The van der Waals surface area contributed by atoms with Crippen molar-refractivity contribution in [2.75, 3.05) is 6.54 Å². The van der Waals surface area contributed by atoms with Crippen LogP contribution in [0.5, 0.6) is 0 Å². The van der Waals surface area contributed by atoms with Gasteiger partial charge in [0.2, 0.25) is 0 Å². The van der Waals surface area contributed by atoms with E-state index in [0.29, 0.717) is 5.56 Å². The monoisotopic (exact) mass is 298 g/mol. The molecule has 1 aromatic heterocycles.